The lowest BCUT2D eigenvalue weighted by Crippen LogP contribution is -2.21. The monoisotopic (exact) mass is 554 g/mol. The third-order valence-corrected chi connectivity index (χ3v) is 9.69. The van der Waals surface area contributed by atoms with Crippen molar-refractivity contribution in [2.75, 3.05) is 0 Å². The molecular formula is C40H46N2. The van der Waals surface area contributed by atoms with Crippen LogP contribution in [0.1, 0.15) is 78.1 Å². The molecule has 0 fully saturated rings. The fraction of sp³-hybridized carbons (Fsp3) is 0.325. The average molecular weight is 555 g/mol. The van der Waals surface area contributed by atoms with Crippen LogP contribution in [0, 0.1) is 48.5 Å². The van der Waals surface area contributed by atoms with Crippen molar-refractivity contribution < 1.29 is 0 Å². The summed E-state index contributed by atoms with van der Waals surface area (Å²) in [4.78, 5) is 5.55. The second-order valence-electron chi connectivity index (χ2n) is 12.6. The normalized spacial score (nSPS) is 11.8. The van der Waals surface area contributed by atoms with Gasteiger partial charge in [0.2, 0.25) is 0 Å². The molecular weight excluding hydrogens is 508 g/mol. The first-order valence-electron chi connectivity index (χ1n) is 15.4. The maximum Gasteiger partial charge on any atom is 0.145 e. The van der Waals surface area contributed by atoms with Crippen LogP contribution in [0.5, 0.6) is 0 Å². The molecule has 0 aliphatic heterocycles. The van der Waals surface area contributed by atoms with Gasteiger partial charge in [0.25, 0.3) is 0 Å². The van der Waals surface area contributed by atoms with E-state index in [0.29, 0.717) is 0 Å². The summed E-state index contributed by atoms with van der Waals surface area (Å²) in [5.74, 6) is 1.01. The number of aryl methyl sites for hydroxylation is 7. The summed E-state index contributed by atoms with van der Waals surface area (Å²) < 4.78 is 2.38. The van der Waals surface area contributed by atoms with E-state index in [1.54, 1.807) is 0 Å². The Morgan fingerprint density at radius 1 is 0.595 bits per heavy atom. The molecule has 0 saturated carbocycles. The summed E-state index contributed by atoms with van der Waals surface area (Å²) in [6, 6.07) is 24.6. The minimum absolute atomic E-state index is 0.0235. The standard InChI is InChI=1S/C40H46N2/c1-11-40(10,12-2)34-22-31(9)32(36-25(3)16-13-17-26(36)4)23-33(34)39-41-35(37-27(5)18-14-19-28(37)6)24-42(39)38-29(7)20-15-21-30(38)8/h13-24H,11-12H2,1-10H3. The predicted octanol–water partition coefficient (Wildman–Crippen LogP) is 11.1. The molecule has 0 amide bonds. The van der Waals surface area contributed by atoms with E-state index in [2.05, 4.69) is 147 Å². The fourth-order valence-electron chi connectivity index (χ4n) is 6.80. The topological polar surface area (TPSA) is 17.8 Å². The van der Waals surface area contributed by atoms with Crippen molar-refractivity contribution in [3.8, 4) is 39.5 Å². The largest absolute Gasteiger partial charge is 0.299 e. The number of hydrogen-bond donors (Lipinski definition) is 0. The van der Waals surface area contributed by atoms with E-state index in [0.717, 1.165) is 24.4 Å². The first kappa shape index (κ1) is 29.6. The maximum atomic E-state index is 5.55. The fourth-order valence-corrected chi connectivity index (χ4v) is 6.80. The number of aromatic nitrogens is 2. The van der Waals surface area contributed by atoms with Crippen LogP contribution in [0.15, 0.2) is 72.9 Å². The Morgan fingerprint density at radius 3 is 1.57 bits per heavy atom. The van der Waals surface area contributed by atoms with Gasteiger partial charge in [-0.2, -0.15) is 0 Å². The number of imidazole rings is 1. The van der Waals surface area contributed by atoms with Crippen molar-refractivity contribution in [2.24, 2.45) is 0 Å². The Kier molecular flexibility index (Phi) is 8.03. The van der Waals surface area contributed by atoms with E-state index in [1.807, 2.05) is 0 Å². The summed E-state index contributed by atoms with van der Waals surface area (Å²) in [5, 5.41) is 0. The molecule has 5 rings (SSSR count). The van der Waals surface area contributed by atoms with Crippen LogP contribution in [0.4, 0.5) is 0 Å². The number of nitrogens with zero attached hydrogens (tertiary/aromatic N) is 2. The van der Waals surface area contributed by atoms with Gasteiger partial charge in [-0.15, -0.1) is 0 Å². The van der Waals surface area contributed by atoms with Gasteiger partial charge in [-0.1, -0.05) is 81.4 Å². The van der Waals surface area contributed by atoms with Gasteiger partial charge in [0.05, 0.1) is 11.4 Å². The van der Waals surface area contributed by atoms with E-state index < -0.39 is 0 Å². The Labute approximate surface area is 253 Å². The van der Waals surface area contributed by atoms with Crippen molar-refractivity contribution in [3.63, 3.8) is 0 Å². The molecule has 1 heterocycles. The number of benzene rings is 4. The second kappa shape index (κ2) is 11.4. The van der Waals surface area contributed by atoms with Crippen LogP contribution in [0.25, 0.3) is 39.5 Å². The molecule has 0 aliphatic rings. The van der Waals surface area contributed by atoms with Gasteiger partial charge in [-0.05, 0) is 128 Å². The van der Waals surface area contributed by atoms with Gasteiger partial charge in [-0.25, -0.2) is 4.98 Å². The van der Waals surface area contributed by atoms with Crippen molar-refractivity contribution in [3.05, 3.63) is 117 Å². The molecule has 0 spiro atoms. The zero-order valence-corrected chi connectivity index (χ0v) is 27.2. The van der Waals surface area contributed by atoms with E-state index in [-0.39, 0.29) is 5.41 Å². The van der Waals surface area contributed by atoms with E-state index in [9.17, 15) is 0 Å². The zero-order chi connectivity index (χ0) is 30.3. The number of rotatable bonds is 7. The number of hydrogen-bond acceptors (Lipinski definition) is 1. The molecule has 42 heavy (non-hydrogen) atoms. The quantitative estimate of drug-likeness (QED) is 0.196. The molecule has 2 nitrogen and oxygen atoms in total. The molecule has 0 N–H and O–H groups in total. The third kappa shape index (κ3) is 5.02. The first-order valence-corrected chi connectivity index (χ1v) is 15.4. The van der Waals surface area contributed by atoms with Crippen LogP contribution in [-0.2, 0) is 5.41 Å². The van der Waals surface area contributed by atoms with Gasteiger partial charge >= 0.3 is 0 Å². The molecule has 2 heteroatoms. The van der Waals surface area contributed by atoms with Crippen LogP contribution in [0.3, 0.4) is 0 Å². The lowest BCUT2D eigenvalue weighted by molar-refractivity contribution is 0.439. The molecule has 0 aliphatic carbocycles. The zero-order valence-electron chi connectivity index (χ0n) is 27.2. The van der Waals surface area contributed by atoms with Gasteiger partial charge in [0.1, 0.15) is 5.82 Å². The van der Waals surface area contributed by atoms with Crippen LogP contribution in [-0.4, -0.2) is 9.55 Å². The maximum absolute atomic E-state index is 5.55. The highest BCUT2D eigenvalue weighted by molar-refractivity contribution is 5.82. The third-order valence-electron chi connectivity index (χ3n) is 9.69. The highest BCUT2D eigenvalue weighted by Crippen LogP contribution is 2.44. The summed E-state index contributed by atoms with van der Waals surface area (Å²) in [7, 11) is 0. The summed E-state index contributed by atoms with van der Waals surface area (Å²) >= 11 is 0. The summed E-state index contributed by atoms with van der Waals surface area (Å²) in [6.07, 6.45) is 4.40. The van der Waals surface area contributed by atoms with Gasteiger partial charge < -0.3 is 0 Å². The molecule has 0 saturated heterocycles. The predicted molar refractivity (Wildman–Crippen MR) is 181 cm³/mol. The Morgan fingerprint density at radius 2 is 1.07 bits per heavy atom. The lowest BCUT2D eigenvalue weighted by Gasteiger charge is -2.31. The van der Waals surface area contributed by atoms with Crippen LogP contribution < -0.4 is 0 Å². The van der Waals surface area contributed by atoms with Crippen LogP contribution >= 0.6 is 0 Å². The molecule has 0 unspecified atom stereocenters. The molecule has 0 radical (unpaired) electrons. The molecule has 0 bridgehead atoms. The summed E-state index contributed by atoms with van der Waals surface area (Å²) in [6.45, 7) is 22.6. The lowest BCUT2D eigenvalue weighted by atomic mass is 9.74. The first-order chi connectivity index (χ1) is 20.0. The van der Waals surface area contributed by atoms with Crippen LogP contribution in [0.2, 0.25) is 0 Å². The van der Waals surface area contributed by atoms with E-state index in [4.69, 9.17) is 4.98 Å². The minimum Gasteiger partial charge on any atom is -0.299 e. The SMILES string of the molecule is CCC(C)(CC)c1cc(C)c(-c2c(C)cccc2C)cc1-c1nc(-c2c(C)cccc2C)cn1-c1c(C)cccc1C. The van der Waals surface area contributed by atoms with Gasteiger partial charge in [-0.3, -0.25) is 4.57 Å². The van der Waals surface area contributed by atoms with Crippen molar-refractivity contribution >= 4 is 0 Å². The van der Waals surface area contributed by atoms with E-state index in [1.165, 1.54) is 72.4 Å². The van der Waals surface area contributed by atoms with Crippen molar-refractivity contribution in [1.82, 2.24) is 9.55 Å². The Bertz CT molecular complexity index is 1720. The Balaban J connectivity index is 1.94. The van der Waals surface area contributed by atoms with Crippen molar-refractivity contribution in [2.45, 2.75) is 87.5 Å². The highest BCUT2D eigenvalue weighted by Gasteiger charge is 2.30. The Hall–Kier alpha value is -3.91. The minimum atomic E-state index is 0.0235. The van der Waals surface area contributed by atoms with Crippen molar-refractivity contribution in [1.29, 1.82) is 0 Å². The molecule has 4 aromatic carbocycles. The smallest absolute Gasteiger partial charge is 0.145 e. The molecule has 216 valence electrons. The number of para-hydroxylation sites is 1. The molecule has 0 atom stereocenters. The average Bonchev–Trinajstić information content (AvgIpc) is 3.37. The summed E-state index contributed by atoms with van der Waals surface area (Å²) in [5.41, 5.74) is 17.6. The van der Waals surface area contributed by atoms with Gasteiger partial charge in [0, 0.05) is 17.3 Å². The molecule has 1 aromatic heterocycles. The van der Waals surface area contributed by atoms with Gasteiger partial charge in [0.15, 0.2) is 0 Å². The second-order valence-corrected chi connectivity index (χ2v) is 12.6. The van der Waals surface area contributed by atoms with E-state index >= 15 is 0 Å². The molecule has 5 aromatic rings. The highest BCUT2D eigenvalue weighted by atomic mass is 15.1.